The molecule has 1 heterocycles. The van der Waals surface area contributed by atoms with Crippen LogP contribution in [0.3, 0.4) is 0 Å². The Morgan fingerprint density at radius 2 is 1.62 bits per heavy atom. The molecule has 0 aliphatic carbocycles. The van der Waals surface area contributed by atoms with Gasteiger partial charge in [0.15, 0.2) is 18.5 Å². The fourth-order valence-corrected chi connectivity index (χ4v) is 2.40. The van der Waals surface area contributed by atoms with Gasteiger partial charge in [0.05, 0.1) is 12.1 Å². The first-order valence-corrected chi connectivity index (χ1v) is 7.53. The predicted octanol–water partition coefficient (Wildman–Crippen LogP) is -0.969. The Balaban J connectivity index is 2.97. The average Bonchev–Trinajstić information content (AvgIpc) is 2.27. The summed E-state index contributed by atoms with van der Waals surface area (Å²) in [5, 5.41) is 0. The van der Waals surface area contributed by atoms with E-state index in [1.54, 1.807) is 0 Å². The van der Waals surface area contributed by atoms with Gasteiger partial charge in [0.2, 0.25) is 0 Å². The van der Waals surface area contributed by atoms with Gasteiger partial charge in [-0.05, 0) is 6.92 Å². The zero-order valence-corrected chi connectivity index (χ0v) is 12.6. The maximum Gasteiger partial charge on any atom is 0.471 e. The summed E-state index contributed by atoms with van der Waals surface area (Å²) < 4.78 is 30.5. The number of hydrogen-bond donors (Lipinski definition) is 3. The van der Waals surface area contributed by atoms with Crippen LogP contribution in [0.2, 0.25) is 0 Å². The van der Waals surface area contributed by atoms with Gasteiger partial charge in [-0.1, -0.05) is 0 Å². The van der Waals surface area contributed by atoms with E-state index in [-0.39, 0.29) is 0 Å². The Labute approximate surface area is 120 Å². The van der Waals surface area contributed by atoms with Gasteiger partial charge in [-0.2, -0.15) is 0 Å². The fraction of sp³-hybridized carbons (Fsp3) is 0.800. The Morgan fingerprint density at radius 3 is 2.05 bits per heavy atom. The highest BCUT2D eigenvalue weighted by Crippen LogP contribution is 2.40. The Bertz CT molecular complexity index is 450. The van der Waals surface area contributed by atoms with Crippen LogP contribution in [0, 0.1) is 0 Å². The van der Waals surface area contributed by atoms with Crippen molar-refractivity contribution in [2.24, 2.45) is 5.73 Å². The highest BCUT2D eigenvalue weighted by atomic mass is 31.2. The largest absolute Gasteiger partial charge is 0.471 e. The van der Waals surface area contributed by atoms with Gasteiger partial charge >= 0.3 is 19.8 Å². The molecular formula is C10H18NO9P. The summed E-state index contributed by atoms with van der Waals surface area (Å²) in [7, 11) is -4.86. The number of carbonyl (C=O) groups is 2. The van der Waals surface area contributed by atoms with Crippen LogP contribution < -0.4 is 5.73 Å². The number of esters is 2. The normalized spacial score (nSPS) is 33.3. The number of carbonyl (C=O) groups excluding carboxylic acids is 2. The first-order valence-electron chi connectivity index (χ1n) is 6.00. The van der Waals surface area contributed by atoms with E-state index in [1.807, 2.05) is 0 Å². The predicted molar refractivity (Wildman–Crippen MR) is 66.5 cm³/mol. The van der Waals surface area contributed by atoms with Crippen molar-refractivity contribution in [2.75, 3.05) is 0 Å². The maximum atomic E-state index is 11.1. The molecule has 0 unspecified atom stereocenters. The van der Waals surface area contributed by atoms with Gasteiger partial charge in [0, 0.05) is 13.8 Å². The van der Waals surface area contributed by atoms with E-state index in [4.69, 9.17) is 29.7 Å². The van der Waals surface area contributed by atoms with Crippen molar-refractivity contribution in [3.8, 4) is 0 Å². The van der Waals surface area contributed by atoms with Crippen LogP contribution in [0.4, 0.5) is 0 Å². The molecule has 1 aliphatic rings. The zero-order valence-electron chi connectivity index (χ0n) is 11.7. The van der Waals surface area contributed by atoms with E-state index in [1.165, 1.54) is 6.92 Å². The van der Waals surface area contributed by atoms with Gasteiger partial charge in [-0.3, -0.25) is 14.1 Å². The van der Waals surface area contributed by atoms with Gasteiger partial charge in [0.1, 0.15) is 0 Å². The van der Waals surface area contributed by atoms with Crippen molar-refractivity contribution in [1.82, 2.24) is 0 Å². The van der Waals surface area contributed by atoms with Gasteiger partial charge in [0.25, 0.3) is 0 Å². The molecule has 0 aromatic rings. The lowest BCUT2D eigenvalue weighted by Gasteiger charge is -2.42. The number of phosphoric acid groups is 1. The molecule has 0 aromatic heterocycles. The molecule has 11 heteroatoms. The molecule has 0 spiro atoms. The molecule has 0 radical (unpaired) electrons. The van der Waals surface area contributed by atoms with Crippen LogP contribution in [0.1, 0.15) is 20.8 Å². The molecule has 10 nitrogen and oxygen atoms in total. The minimum absolute atomic E-state index is 0.644. The highest BCUT2D eigenvalue weighted by Gasteiger charge is 2.48. The number of rotatable bonds is 4. The Morgan fingerprint density at radius 1 is 1.14 bits per heavy atom. The third-order valence-corrected chi connectivity index (χ3v) is 3.16. The topological polar surface area (TPSA) is 155 Å². The van der Waals surface area contributed by atoms with Crippen molar-refractivity contribution in [3.63, 3.8) is 0 Å². The quantitative estimate of drug-likeness (QED) is 0.434. The molecule has 0 aromatic carbocycles. The second kappa shape index (κ2) is 6.82. The van der Waals surface area contributed by atoms with Crippen molar-refractivity contribution >= 4 is 19.8 Å². The van der Waals surface area contributed by atoms with E-state index in [0.717, 1.165) is 13.8 Å². The average molecular weight is 327 g/mol. The summed E-state index contributed by atoms with van der Waals surface area (Å²) in [6, 6.07) is -1.25. The molecule has 0 amide bonds. The third-order valence-electron chi connectivity index (χ3n) is 2.67. The monoisotopic (exact) mass is 327 g/mol. The van der Waals surface area contributed by atoms with Crippen molar-refractivity contribution in [1.29, 1.82) is 0 Å². The number of ether oxygens (including phenoxy) is 3. The molecule has 21 heavy (non-hydrogen) atoms. The third kappa shape index (κ3) is 5.34. The summed E-state index contributed by atoms with van der Waals surface area (Å²) in [5.74, 6) is -1.34. The Kier molecular flexibility index (Phi) is 5.85. The summed E-state index contributed by atoms with van der Waals surface area (Å²) in [4.78, 5) is 39.9. The first kappa shape index (κ1) is 18.0. The fourth-order valence-electron chi connectivity index (χ4n) is 1.94. The van der Waals surface area contributed by atoms with Crippen molar-refractivity contribution < 1.29 is 42.7 Å². The summed E-state index contributed by atoms with van der Waals surface area (Å²) in [5.41, 5.74) is 5.75. The Hall–Kier alpha value is -1.03. The summed E-state index contributed by atoms with van der Waals surface area (Å²) >= 11 is 0. The van der Waals surface area contributed by atoms with Crippen LogP contribution in [0.25, 0.3) is 0 Å². The molecule has 5 atom stereocenters. The molecule has 0 saturated carbocycles. The molecule has 122 valence electrons. The van der Waals surface area contributed by atoms with E-state index < -0.39 is 50.4 Å². The maximum absolute atomic E-state index is 11.1. The number of hydrogen-bond acceptors (Lipinski definition) is 8. The van der Waals surface area contributed by atoms with E-state index in [2.05, 4.69) is 4.52 Å². The molecule has 0 bridgehead atoms. The van der Waals surface area contributed by atoms with Gasteiger partial charge < -0.3 is 29.7 Å². The zero-order chi connectivity index (χ0) is 16.4. The van der Waals surface area contributed by atoms with Gasteiger partial charge in [-0.25, -0.2) is 4.57 Å². The first-order chi connectivity index (χ1) is 9.51. The minimum Gasteiger partial charge on any atom is -0.457 e. The van der Waals surface area contributed by atoms with Crippen LogP contribution >= 0.6 is 7.82 Å². The second-order valence-electron chi connectivity index (χ2n) is 4.53. The number of phosphoric ester groups is 1. The lowest BCUT2D eigenvalue weighted by Crippen LogP contribution is -2.63. The van der Waals surface area contributed by atoms with Crippen LogP contribution in [0.5, 0.6) is 0 Å². The number of nitrogens with two attached hydrogens (primary N) is 1. The minimum atomic E-state index is -4.86. The standard InChI is InChI=1S/C10H18NO9P/c1-4-8(18-5(2)12)9(19-6(3)13)7(11)10(17-4)20-21(14,15)16/h4,7-10H,11H2,1-3H3,(H2,14,15,16)/t4-,7-,8+,9-,10-/m1/s1. The van der Waals surface area contributed by atoms with Crippen LogP contribution in [0.15, 0.2) is 0 Å². The van der Waals surface area contributed by atoms with Crippen LogP contribution in [-0.2, 0) is 32.9 Å². The van der Waals surface area contributed by atoms with Crippen molar-refractivity contribution in [3.05, 3.63) is 0 Å². The van der Waals surface area contributed by atoms with Crippen molar-refractivity contribution in [2.45, 2.75) is 51.4 Å². The van der Waals surface area contributed by atoms with E-state index >= 15 is 0 Å². The summed E-state index contributed by atoms with van der Waals surface area (Å²) in [6.45, 7) is 3.74. The molecule has 1 aliphatic heterocycles. The lowest BCUT2D eigenvalue weighted by atomic mass is 9.98. The lowest BCUT2D eigenvalue weighted by molar-refractivity contribution is -0.244. The second-order valence-corrected chi connectivity index (χ2v) is 5.72. The highest BCUT2D eigenvalue weighted by molar-refractivity contribution is 7.46. The van der Waals surface area contributed by atoms with Crippen LogP contribution in [-0.4, -0.2) is 52.4 Å². The summed E-state index contributed by atoms with van der Waals surface area (Å²) in [6.07, 6.45) is -4.55. The smallest absolute Gasteiger partial charge is 0.457 e. The molecule has 1 rings (SSSR count). The molecular weight excluding hydrogens is 309 g/mol. The molecule has 4 N–H and O–H groups in total. The van der Waals surface area contributed by atoms with E-state index in [0.29, 0.717) is 0 Å². The molecule has 1 saturated heterocycles. The van der Waals surface area contributed by atoms with E-state index in [9.17, 15) is 14.2 Å². The van der Waals surface area contributed by atoms with Gasteiger partial charge in [-0.15, -0.1) is 0 Å². The molecule has 1 fully saturated rings. The SMILES string of the molecule is CC(=O)O[C@@H]1[C@@H](N)[C@@H](OP(=O)(O)O)O[C@H](C)[C@@H]1OC(C)=O.